The average molecular weight is 252 g/mol. The Morgan fingerprint density at radius 2 is 2.06 bits per heavy atom. The highest BCUT2D eigenvalue weighted by atomic mass is 16.2. The first-order valence-electron chi connectivity index (χ1n) is 6.77. The summed E-state index contributed by atoms with van der Waals surface area (Å²) in [7, 11) is 0. The SMILES string of the molecule is CCNC(C)CC(=O)N1CCN(CCC#N)CC1. The largest absolute Gasteiger partial charge is 0.340 e. The van der Waals surface area contributed by atoms with Gasteiger partial charge in [-0.15, -0.1) is 0 Å². The number of amides is 1. The zero-order valence-electron chi connectivity index (χ0n) is 11.5. The molecule has 0 aromatic carbocycles. The molecule has 1 aliphatic rings. The molecule has 0 aliphatic carbocycles. The van der Waals surface area contributed by atoms with Crippen LogP contribution < -0.4 is 5.32 Å². The highest BCUT2D eigenvalue weighted by Gasteiger charge is 2.21. The van der Waals surface area contributed by atoms with Gasteiger partial charge in [-0.2, -0.15) is 5.26 Å². The van der Waals surface area contributed by atoms with Crippen molar-refractivity contribution in [3.63, 3.8) is 0 Å². The number of nitrogens with one attached hydrogen (secondary N) is 1. The van der Waals surface area contributed by atoms with E-state index in [4.69, 9.17) is 5.26 Å². The summed E-state index contributed by atoms with van der Waals surface area (Å²) in [5, 5.41) is 11.8. The number of hydrogen-bond acceptors (Lipinski definition) is 4. The van der Waals surface area contributed by atoms with E-state index in [0.717, 1.165) is 39.3 Å². The molecule has 1 N–H and O–H groups in total. The lowest BCUT2D eigenvalue weighted by atomic mass is 10.2. The van der Waals surface area contributed by atoms with Gasteiger partial charge in [0.2, 0.25) is 5.91 Å². The first kappa shape index (κ1) is 14.9. The molecule has 1 rings (SSSR count). The molecule has 1 atom stereocenters. The van der Waals surface area contributed by atoms with Crippen LogP contribution in [0.3, 0.4) is 0 Å². The summed E-state index contributed by atoms with van der Waals surface area (Å²) in [5.41, 5.74) is 0. The number of carbonyl (C=O) groups excluding carboxylic acids is 1. The van der Waals surface area contributed by atoms with Crippen molar-refractivity contribution in [2.45, 2.75) is 32.7 Å². The maximum Gasteiger partial charge on any atom is 0.224 e. The molecular weight excluding hydrogens is 228 g/mol. The number of hydrogen-bond donors (Lipinski definition) is 1. The van der Waals surface area contributed by atoms with Crippen LogP contribution in [0, 0.1) is 11.3 Å². The Hall–Kier alpha value is -1.12. The van der Waals surface area contributed by atoms with Crippen molar-refractivity contribution in [1.29, 1.82) is 5.26 Å². The van der Waals surface area contributed by atoms with Crippen LogP contribution in [0.25, 0.3) is 0 Å². The summed E-state index contributed by atoms with van der Waals surface area (Å²) < 4.78 is 0. The average Bonchev–Trinajstić information content (AvgIpc) is 2.37. The maximum atomic E-state index is 12.0. The summed E-state index contributed by atoms with van der Waals surface area (Å²) >= 11 is 0. The molecule has 0 aromatic heterocycles. The molecule has 0 saturated carbocycles. The Labute approximate surface area is 110 Å². The fourth-order valence-corrected chi connectivity index (χ4v) is 2.24. The van der Waals surface area contributed by atoms with Crippen LogP contribution in [0.2, 0.25) is 0 Å². The van der Waals surface area contributed by atoms with E-state index >= 15 is 0 Å². The third-order valence-electron chi connectivity index (χ3n) is 3.30. The second-order valence-corrected chi connectivity index (χ2v) is 4.79. The quantitative estimate of drug-likeness (QED) is 0.745. The standard InChI is InChI=1S/C13H24N4O/c1-3-15-12(2)11-13(18)17-9-7-16(8-10-17)6-4-5-14/h12,15H,3-4,6-11H2,1-2H3. The summed E-state index contributed by atoms with van der Waals surface area (Å²) in [5.74, 6) is 0.239. The van der Waals surface area contributed by atoms with Gasteiger partial charge in [0.05, 0.1) is 6.07 Å². The minimum absolute atomic E-state index is 0.239. The molecule has 1 amide bonds. The molecule has 0 bridgehead atoms. The zero-order valence-corrected chi connectivity index (χ0v) is 11.5. The van der Waals surface area contributed by atoms with Crippen LogP contribution in [0.4, 0.5) is 0 Å². The lowest BCUT2D eigenvalue weighted by molar-refractivity contribution is -0.133. The molecule has 1 aliphatic heterocycles. The van der Waals surface area contributed by atoms with Crippen LogP contribution >= 0.6 is 0 Å². The van der Waals surface area contributed by atoms with Crippen LogP contribution in [-0.4, -0.2) is 61.0 Å². The van der Waals surface area contributed by atoms with Crippen molar-refractivity contribution in [3.8, 4) is 6.07 Å². The van der Waals surface area contributed by atoms with E-state index in [1.807, 2.05) is 11.8 Å². The first-order valence-corrected chi connectivity index (χ1v) is 6.77. The van der Waals surface area contributed by atoms with E-state index in [2.05, 4.69) is 23.2 Å². The van der Waals surface area contributed by atoms with E-state index < -0.39 is 0 Å². The molecule has 5 nitrogen and oxygen atoms in total. The number of rotatable bonds is 6. The molecule has 5 heteroatoms. The van der Waals surface area contributed by atoms with Gasteiger partial charge in [-0.25, -0.2) is 0 Å². The second kappa shape index (κ2) is 8.06. The van der Waals surface area contributed by atoms with Crippen LogP contribution in [-0.2, 0) is 4.79 Å². The summed E-state index contributed by atoms with van der Waals surface area (Å²) in [6.45, 7) is 9.19. The molecule has 1 heterocycles. The monoisotopic (exact) mass is 252 g/mol. The van der Waals surface area contributed by atoms with Gasteiger partial charge >= 0.3 is 0 Å². The third-order valence-corrected chi connectivity index (χ3v) is 3.30. The van der Waals surface area contributed by atoms with Crippen molar-refractivity contribution in [2.75, 3.05) is 39.3 Å². The molecular formula is C13H24N4O. The fourth-order valence-electron chi connectivity index (χ4n) is 2.24. The normalized spacial score (nSPS) is 18.4. The van der Waals surface area contributed by atoms with Gasteiger partial charge in [-0.3, -0.25) is 9.69 Å². The van der Waals surface area contributed by atoms with E-state index in [1.165, 1.54) is 0 Å². The zero-order chi connectivity index (χ0) is 13.4. The van der Waals surface area contributed by atoms with Crippen LogP contribution in [0.1, 0.15) is 26.7 Å². The molecule has 0 spiro atoms. The summed E-state index contributed by atoms with van der Waals surface area (Å²) in [4.78, 5) is 16.2. The van der Waals surface area contributed by atoms with Gasteiger partial charge in [0.15, 0.2) is 0 Å². The smallest absolute Gasteiger partial charge is 0.224 e. The summed E-state index contributed by atoms with van der Waals surface area (Å²) in [6.07, 6.45) is 1.15. The molecule has 18 heavy (non-hydrogen) atoms. The fraction of sp³-hybridized carbons (Fsp3) is 0.846. The van der Waals surface area contributed by atoms with Gasteiger partial charge in [0, 0.05) is 51.6 Å². The van der Waals surface area contributed by atoms with Gasteiger partial charge < -0.3 is 10.2 Å². The van der Waals surface area contributed by atoms with E-state index in [-0.39, 0.29) is 11.9 Å². The molecule has 1 unspecified atom stereocenters. The number of nitriles is 1. The minimum Gasteiger partial charge on any atom is -0.340 e. The Morgan fingerprint density at radius 1 is 1.39 bits per heavy atom. The predicted octanol–water partition coefficient (Wildman–Crippen LogP) is 0.432. The lowest BCUT2D eigenvalue weighted by Gasteiger charge is -2.34. The minimum atomic E-state index is 0.239. The van der Waals surface area contributed by atoms with Crippen molar-refractivity contribution in [1.82, 2.24) is 15.1 Å². The number of nitrogens with zero attached hydrogens (tertiary/aromatic N) is 3. The summed E-state index contributed by atoms with van der Waals surface area (Å²) in [6, 6.07) is 2.41. The lowest BCUT2D eigenvalue weighted by Crippen LogP contribution is -2.49. The molecule has 1 fully saturated rings. The molecule has 0 aromatic rings. The molecule has 0 radical (unpaired) electrons. The number of carbonyl (C=O) groups is 1. The van der Waals surface area contributed by atoms with Gasteiger partial charge in [0.25, 0.3) is 0 Å². The Balaban J connectivity index is 2.25. The highest BCUT2D eigenvalue weighted by Crippen LogP contribution is 2.05. The highest BCUT2D eigenvalue weighted by molar-refractivity contribution is 5.76. The van der Waals surface area contributed by atoms with Gasteiger partial charge in [0.1, 0.15) is 0 Å². The van der Waals surface area contributed by atoms with Crippen LogP contribution in [0.5, 0.6) is 0 Å². The van der Waals surface area contributed by atoms with E-state index in [1.54, 1.807) is 0 Å². The van der Waals surface area contributed by atoms with E-state index in [9.17, 15) is 4.79 Å². The predicted molar refractivity (Wildman–Crippen MR) is 71.0 cm³/mol. The number of piperazine rings is 1. The Morgan fingerprint density at radius 3 is 2.61 bits per heavy atom. The maximum absolute atomic E-state index is 12.0. The van der Waals surface area contributed by atoms with Crippen molar-refractivity contribution < 1.29 is 4.79 Å². The third kappa shape index (κ3) is 5.03. The van der Waals surface area contributed by atoms with Crippen molar-refractivity contribution in [2.24, 2.45) is 0 Å². The Kier molecular flexibility index (Phi) is 6.69. The topological polar surface area (TPSA) is 59.4 Å². The van der Waals surface area contributed by atoms with Gasteiger partial charge in [-0.05, 0) is 13.5 Å². The second-order valence-electron chi connectivity index (χ2n) is 4.79. The van der Waals surface area contributed by atoms with Crippen molar-refractivity contribution >= 4 is 5.91 Å². The first-order chi connectivity index (χ1) is 8.67. The van der Waals surface area contributed by atoms with Gasteiger partial charge in [-0.1, -0.05) is 6.92 Å². The van der Waals surface area contributed by atoms with Crippen molar-refractivity contribution in [3.05, 3.63) is 0 Å². The Bertz CT molecular complexity index is 292. The van der Waals surface area contributed by atoms with E-state index in [0.29, 0.717) is 12.8 Å². The molecule has 102 valence electrons. The van der Waals surface area contributed by atoms with Crippen LogP contribution in [0.15, 0.2) is 0 Å². The molecule has 1 saturated heterocycles.